The number of aryl methyl sites for hydroxylation is 2. The van der Waals surface area contributed by atoms with Crippen molar-refractivity contribution in [2.45, 2.75) is 46.6 Å². The zero-order valence-corrected chi connectivity index (χ0v) is 19.4. The molecule has 0 aliphatic rings. The summed E-state index contributed by atoms with van der Waals surface area (Å²) in [6, 6.07) is 3.31. The summed E-state index contributed by atoms with van der Waals surface area (Å²) in [5.41, 5.74) is 1.66. The Morgan fingerprint density at radius 1 is 1.24 bits per heavy atom. The number of nitrogens with one attached hydrogen (secondary N) is 1. The Kier molecular flexibility index (Phi) is 11.2. The third-order valence-electron chi connectivity index (χ3n) is 3.86. The first-order valence-electron chi connectivity index (χ1n) is 9.39. The summed E-state index contributed by atoms with van der Waals surface area (Å²) in [7, 11) is 1.87. The molecule has 162 valence electrons. The molecular weight excluding hydrogens is 437 g/mol. The van der Waals surface area contributed by atoms with E-state index in [0.29, 0.717) is 33.9 Å². The van der Waals surface area contributed by atoms with E-state index in [-0.39, 0.29) is 6.54 Å². The minimum atomic E-state index is -1.09. The van der Waals surface area contributed by atoms with Gasteiger partial charge in [0.05, 0.1) is 27.4 Å². The van der Waals surface area contributed by atoms with Crippen LogP contribution in [0.4, 0.5) is 4.79 Å². The van der Waals surface area contributed by atoms with Crippen LogP contribution in [-0.4, -0.2) is 27.6 Å². The molecular formula is C20H28Cl3N3O3. The van der Waals surface area contributed by atoms with Crippen LogP contribution in [0, 0.1) is 5.92 Å². The SMILES string of the molecule is CC(C)CCCOc1c(Cl)cc(CNC(=O)O)cc1Cl.CCc1nn(C)cc1Cl. The Balaban J connectivity index is 0.000000387. The van der Waals surface area contributed by atoms with Crippen molar-refractivity contribution >= 4 is 40.9 Å². The van der Waals surface area contributed by atoms with Crippen molar-refractivity contribution in [2.75, 3.05) is 6.61 Å². The van der Waals surface area contributed by atoms with E-state index in [4.69, 9.17) is 44.6 Å². The van der Waals surface area contributed by atoms with Gasteiger partial charge in [0.1, 0.15) is 0 Å². The number of hydrogen-bond donors (Lipinski definition) is 2. The molecule has 2 aromatic rings. The number of hydrogen-bond acceptors (Lipinski definition) is 3. The van der Waals surface area contributed by atoms with Gasteiger partial charge in [-0.25, -0.2) is 4.79 Å². The maximum Gasteiger partial charge on any atom is 0.404 e. The van der Waals surface area contributed by atoms with Crippen LogP contribution in [-0.2, 0) is 20.0 Å². The molecule has 1 aromatic heterocycles. The fraction of sp³-hybridized carbons (Fsp3) is 0.500. The van der Waals surface area contributed by atoms with Crippen LogP contribution in [0.25, 0.3) is 0 Å². The molecule has 1 amide bonds. The van der Waals surface area contributed by atoms with Gasteiger partial charge in [-0.2, -0.15) is 5.10 Å². The van der Waals surface area contributed by atoms with Gasteiger partial charge in [0, 0.05) is 19.8 Å². The van der Waals surface area contributed by atoms with E-state index in [1.807, 2.05) is 14.0 Å². The molecule has 0 radical (unpaired) electrons. The summed E-state index contributed by atoms with van der Waals surface area (Å²) in [6.07, 6.45) is 3.63. The minimum Gasteiger partial charge on any atom is -0.490 e. The first kappa shape index (κ1) is 25.4. The second kappa shape index (κ2) is 12.8. The zero-order chi connectivity index (χ0) is 22.0. The molecule has 2 N–H and O–H groups in total. The fourth-order valence-corrected chi connectivity index (χ4v) is 3.40. The lowest BCUT2D eigenvalue weighted by atomic mass is 10.1. The quantitative estimate of drug-likeness (QED) is 0.455. The molecule has 6 nitrogen and oxygen atoms in total. The van der Waals surface area contributed by atoms with Crippen LogP contribution < -0.4 is 10.1 Å². The first-order chi connectivity index (χ1) is 13.6. The lowest BCUT2D eigenvalue weighted by Gasteiger charge is -2.12. The van der Waals surface area contributed by atoms with Crippen LogP contribution >= 0.6 is 34.8 Å². The van der Waals surface area contributed by atoms with Crippen molar-refractivity contribution in [3.63, 3.8) is 0 Å². The number of rotatable bonds is 8. The standard InChI is InChI=1S/C14H19Cl2NO3.C6H9ClN2/c1-9(2)4-3-5-20-13-11(15)6-10(7-12(13)16)8-17-14(18)19;1-3-6-5(7)4-9(2)8-6/h6-7,9,17H,3-5,8H2,1-2H3,(H,18,19);4H,3H2,1-2H3. The van der Waals surface area contributed by atoms with Gasteiger partial charge in [0.25, 0.3) is 0 Å². The number of amides is 1. The highest BCUT2D eigenvalue weighted by Crippen LogP contribution is 2.34. The average Bonchev–Trinajstić information content (AvgIpc) is 2.96. The van der Waals surface area contributed by atoms with Crippen LogP contribution in [0.5, 0.6) is 5.75 Å². The number of aromatic nitrogens is 2. The molecule has 0 unspecified atom stereocenters. The van der Waals surface area contributed by atoms with E-state index in [0.717, 1.165) is 30.0 Å². The first-order valence-corrected chi connectivity index (χ1v) is 10.5. The molecule has 1 aromatic carbocycles. The summed E-state index contributed by atoms with van der Waals surface area (Å²) in [5.74, 6) is 1.09. The summed E-state index contributed by atoms with van der Waals surface area (Å²) in [5, 5.41) is 16.5. The van der Waals surface area contributed by atoms with Gasteiger partial charge in [-0.3, -0.25) is 4.68 Å². The molecule has 0 atom stereocenters. The van der Waals surface area contributed by atoms with Gasteiger partial charge in [0.2, 0.25) is 0 Å². The predicted molar refractivity (Wildman–Crippen MR) is 118 cm³/mol. The van der Waals surface area contributed by atoms with E-state index >= 15 is 0 Å². The molecule has 9 heteroatoms. The highest BCUT2D eigenvalue weighted by atomic mass is 35.5. The Bertz CT molecular complexity index is 772. The molecule has 1 heterocycles. The lowest BCUT2D eigenvalue weighted by molar-refractivity contribution is 0.194. The number of halogens is 3. The van der Waals surface area contributed by atoms with Crippen molar-refractivity contribution < 1.29 is 14.6 Å². The Labute approximate surface area is 187 Å². The summed E-state index contributed by atoms with van der Waals surface area (Å²) >= 11 is 18.0. The number of carboxylic acid groups (broad SMARTS) is 1. The number of ether oxygens (including phenoxy) is 1. The number of carbonyl (C=O) groups is 1. The van der Waals surface area contributed by atoms with E-state index in [9.17, 15) is 4.79 Å². The summed E-state index contributed by atoms with van der Waals surface area (Å²) in [4.78, 5) is 10.4. The maximum absolute atomic E-state index is 10.4. The Hall–Kier alpha value is -1.63. The number of nitrogens with zero attached hydrogens (tertiary/aromatic N) is 2. The zero-order valence-electron chi connectivity index (χ0n) is 17.1. The molecule has 2 rings (SSSR count). The summed E-state index contributed by atoms with van der Waals surface area (Å²) < 4.78 is 7.32. The van der Waals surface area contributed by atoms with E-state index in [2.05, 4.69) is 24.3 Å². The van der Waals surface area contributed by atoms with E-state index < -0.39 is 6.09 Å². The molecule has 0 saturated heterocycles. The van der Waals surface area contributed by atoms with Gasteiger partial charge < -0.3 is 15.2 Å². The smallest absolute Gasteiger partial charge is 0.404 e. The minimum absolute atomic E-state index is 0.155. The van der Waals surface area contributed by atoms with Gasteiger partial charge in [-0.05, 0) is 42.9 Å². The fourth-order valence-electron chi connectivity index (χ4n) is 2.44. The summed E-state index contributed by atoms with van der Waals surface area (Å²) in [6.45, 7) is 7.06. The van der Waals surface area contributed by atoms with Gasteiger partial charge in [-0.15, -0.1) is 0 Å². The van der Waals surface area contributed by atoms with Gasteiger partial charge >= 0.3 is 6.09 Å². The van der Waals surface area contributed by atoms with Crippen LogP contribution in [0.2, 0.25) is 15.1 Å². The van der Waals surface area contributed by atoms with Gasteiger partial charge in [-0.1, -0.05) is 55.6 Å². The van der Waals surface area contributed by atoms with E-state index in [1.54, 1.807) is 23.0 Å². The predicted octanol–water partition coefficient (Wildman–Crippen LogP) is 6.21. The molecule has 0 fully saturated rings. The lowest BCUT2D eigenvalue weighted by Crippen LogP contribution is -2.19. The Morgan fingerprint density at radius 3 is 2.28 bits per heavy atom. The Morgan fingerprint density at radius 2 is 1.86 bits per heavy atom. The number of benzene rings is 1. The monoisotopic (exact) mass is 463 g/mol. The van der Waals surface area contributed by atoms with E-state index in [1.165, 1.54) is 0 Å². The highest BCUT2D eigenvalue weighted by Gasteiger charge is 2.10. The molecule has 29 heavy (non-hydrogen) atoms. The second-order valence-corrected chi connectivity index (χ2v) is 8.10. The molecule has 0 aliphatic carbocycles. The van der Waals surface area contributed by atoms with Crippen LogP contribution in [0.1, 0.15) is 44.9 Å². The largest absolute Gasteiger partial charge is 0.490 e. The third kappa shape index (κ3) is 9.61. The van der Waals surface area contributed by atoms with Crippen molar-refractivity contribution in [3.8, 4) is 5.75 Å². The normalized spacial score (nSPS) is 10.5. The van der Waals surface area contributed by atoms with Gasteiger partial charge in [0.15, 0.2) is 5.75 Å². The second-order valence-electron chi connectivity index (χ2n) is 6.88. The molecule has 0 bridgehead atoms. The molecule has 0 saturated carbocycles. The highest BCUT2D eigenvalue weighted by molar-refractivity contribution is 6.37. The molecule has 0 aliphatic heterocycles. The van der Waals surface area contributed by atoms with Crippen molar-refractivity contribution in [2.24, 2.45) is 13.0 Å². The van der Waals surface area contributed by atoms with Crippen molar-refractivity contribution in [3.05, 3.63) is 44.7 Å². The average molecular weight is 465 g/mol. The third-order valence-corrected chi connectivity index (χ3v) is 4.74. The topological polar surface area (TPSA) is 76.4 Å². The van der Waals surface area contributed by atoms with Crippen molar-refractivity contribution in [1.82, 2.24) is 15.1 Å². The molecule has 0 spiro atoms. The maximum atomic E-state index is 10.4. The van der Waals surface area contributed by atoms with Crippen LogP contribution in [0.3, 0.4) is 0 Å². The van der Waals surface area contributed by atoms with Crippen molar-refractivity contribution in [1.29, 1.82) is 0 Å². The van der Waals surface area contributed by atoms with Crippen LogP contribution in [0.15, 0.2) is 18.3 Å².